The van der Waals surface area contributed by atoms with E-state index in [2.05, 4.69) is 20.6 Å². The monoisotopic (exact) mass is 346 g/mol. The third kappa shape index (κ3) is 5.52. The standard InChI is InChI=1S/C17H19FN4O3/c1-10(23)21-15-7-14(22-16(24)25-17(2,3)4)12(9-20-15)13-6-5-11(18)8-19-13/h5-9H,1-4H3,(H2,20,21,22,23,24). The summed E-state index contributed by atoms with van der Waals surface area (Å²) in [5, 5.41) is 5.14. The van der Waals surface area contributed by atoms with Gasteiger partial charge in [0.05, 0.1) is 17.6 Å². The third-order valence-corrected chi connectivity index (χ3v) is 2.85. The molecular weight excluding hydrogens is 327 g/mol. The van der Waals surface area contributed by atoms with E-state index in [0.717, 1.165) is 6.20 Å². The summed E-state index contributed by atoms with van der Waals surface area (Å²) in [5.74, 6) is -0.527. The fraction of sp³-hybridized carbons (Fsp3) is 0.294. The first-order valence-electron chi connectivity index (χ1n) is 7.53. The minimum Gasteiger partial charge on any atom is -0.444 e. The van der Waals surface area contributed by atoms with Gasteiger partial charge < -0.3 is 10.1 Å². The first-order chi connectivity index (χ1) is 11.6. The molecule has 0 aliphatic rings. The zero-order chi connectivity index (χ0) is 18.6. The highest BCUT2D eigenvalue weighted by atomic mass is 19.1. The van der Waals surface area contributed by atoms with Crippen molar-refractivity contribution in [1.82, 2.24) is 9.97 Å². The van der Waals surface area contributed by atoms with Gasteiger partial charge in [0.25, 0.3) is 0 Å². The molecular formula is C17H19FN4O3. The number of carbonyl (C=O) groups is 2. The molecule has 0 unspecified atom stereocenters. The van der Waals surface area contributed by atoms with E-state index < -0.39 is 17.5 Å². The topological polar surface area (TPSA) is 93.2 Å². The molecule has 0 bridgehead atoms. The summed E-state index contributed by atoms with van der Waals surface area (Å²) < 4.78 is 18.3. The van der Waals surface area contributed by atoms with Gasteiger partial charge in [-0.05, 0) is 32.9 Å². The number of amides is 2. The van der Waals surface area contributed by atoms with E-state index in [1.54, 1.807) is 20.8 Å². The molecule has 0 spiro atoms. The molecule has 0 aliphatic carbocycles. The van der Waals surface area contributed by atoms with E-state index in [1.165, 1.54) is 31.3 Å². The van der Waals surface area contributed by atoms with Crippen LogP contribution >= 0.6 is 0 Å². The summed E-state index contributed by atoms with van der Waals surface area (Å²) in [6.45, 7) is 6.57. The van der Waals surface area contributed by atoms with Crippen LogP contribution in [-0.4, -0.2) is 27.6 Å². The van der Waals surface area contributed by atoms with E-state index in [4.69, 9.17) is 4.74 Å². The number of nitrogens with one attached hydrogen (secondary N) is 2. The molecule has 0 aliphatic heterocycles. The van der Waals surface area contributed by atoms with Gasteiger partial charge in [-0.3, -0.25) is 15.1 Å². The zero-order valence-corrected chi connectivity index (χ0v) is 14.4. The largest absolute Gasteiger partial charge is 0.444 e. The van der Waals surface area contributed by atoms with Crippen molar-refractivity contribution in [3.8, 4) is 11.3 Å². The quantitative estimate of drug-likeness (QED) is 0.886. The van der Waals surface area contributed by atoms with Crippen LogP contribution in [0.1, 0.15) is 27.7 Å². The van der Waals surface area contributed by atoms with E-state index in [0.29, 0.717) is 16.9 Å². The second-order valence-corrected chi connectivity index (χ2v) is 6.28. The van der Waals surface area contributed by atoms with E-state index in [1.807, 2.05) is 0 Å². The first-order valence-corrected chi connectivity index (χ1v) is 7.53. The molecule has 2 rings (SSSR count). The van der Waals surface area contributed by atoms with Gasteiger partial charge in [0.15, 0.2) is 0 Å². The fourth-order valence-electron chi connectivity index (χ4n) is 1.96. The number of aromatic nitrogens is 2. The van der Waals surface area contributed by atoms with Crippen molar-refractivity contribution in [3.63, 3.8) is 0 Å². The molecule has 2 aromatic rings. The Morgan fingerprint density at radius 2 is 1.84 bits per heavy atom. The van der Waals surface area contributed by atoms with Gasteiger partial charge in [0.2, 0.25) is 5.91 Å². The van der Waals surface area contributed by atoms with Gasteiger partial charge >= 0.3 is 6.09 Å². The Hall–Kier alpha value is -3.03. The van der Waals surface area contributed by atoms with Gasteiger partial charge in [-0.25, -0.2) is 14.2 Å². The molecule has 8 heteroatoms. The summed E-state index contributed by atoms with van der Waals surface area (Å²) >= 11 is 0. The average Bonchev–Trinajstić information content (AvgIpc) is 2.46. The van der Waals surface area contributed by atoms with Crippen molar-refractivity contribution in [2.75, 3.05) is 10.6 Å². The highest BCUT2D eigenvalue weighted by Gasteiger charge is 2.18. The maximum Gasteiger partial charge on any atom is 0.412 e. The van der Waals surface area contributed by atoms with Crippen molar-refractivity contribution < 1.29 is 18.7 Å². The molecule has 2 heterocycles. The average molecular weight is 346 g/mol. The van der Waals surface area contributed by atoms with E-state index >= 15 is 0 Å². The lowest BCUT2D eigenvalue weighted by atomic mass is 10.1. The zero-order valence-electron chi connectivity index (χ0n) is 14.4. The highest BCUT2D eigenvalue weighted by Crippen LogP contribution is 2.28. The van der Waals surface area contributed by atoms with Crippen LogP contribution < -0.4 is 10.6 Å². The number of hydrogen-bond donors (Lipinski definition) is 2. The van der Waals surface area contributed by atoms with E-state index in [9.17, 15) is 14.0 Å². The lowest BCUT2D eigenvalue weighted by Crippen LogP contribution is -2.27. The maximum absolute atomic E-state index is 13.1. The van der Waals surface area contributed by atoms with Crippen LogP contribution in [0.15, 0.2) is 30.6 Å². The Morgan fingerprint density at radius 1 is 1.12 bits per heavy atom. The van der Waals surface area contributed by atoms with Gasteiger partial charge in [0, 0.05) is 24.8 Å². The SMILES string of the molecule is CC(=O)Nc1cc(NC(=O)OC(C)(C)C)c(-c2ccc(F)cn2)cn1. The second-order valence-electron chi connectivity index (χ2n) is 6.28. The molecule has 2 amide bonds. The molecule has 0 saturated heterocycles. The Labute approximate surface area is 144 Å². The van der Waals surface area contributed by atoms with Crippen molar-refractivity contribution in [3.05, 3.63) is 36.4 Å². The molecule has 0 radical (unpaired) electrons. The first kappa shape index (κ1) is 18.3. The number of nitrogens with zero attached hydrogens (tertiary/aromatic N) is 2. The lowest BCUT2D eigenvalue weighted by molar-refractivity contribution is -0.114. The van der Waals surface area contributed by atoms with E-state index in [-0.39, 0.29) is 11.7 Å². The number of carbonyl (C=O) groups excluding carboxylic acids is 2. The van der Waals surface area contributed by atoms with Gasteiger partial charge in [-0.1, -0.05) is 0 Å². The summed E-state index contributed by atoms with van der Waals surface area (Å²) in [6.07, 6.45) is 1.82. The Balaban J connectivity index is 2.39. The molecule has 132 valence electrons. The number of hydrogen-bond acceptors (Lipinski definition) is 5. The van der Waals surface area contributed by atoms with Crippen LogP contribution in [0.4, 0.5) is 20.7 Å². The summed E-state index contributed by atoms with van der Waals surface area (Å²) in [5.41, 5.74) is 0.521. The number of anilines is 2. The number of rotatable bonds is 3. The van der Waals surface area contributed by atoms with Crippen molar-refractivity contribution in [2.24, 2.45) is 0 Å². The normalized spacial score (nSPS) is 10.9. The van der Waals surface area contributed by atoms with Crippen molar-refractivity contribution >= 4 is 23.5 Å². The van der Waals surface area contributed by atoms with Gasteiger partial charge in [-0.15, -0.1) is 0 Å². The number of pyridine rings is 2. The summed E-state index contributed by atoms with van der Waals surface area (Å²) in [4.78, 5) is 31.4. The Bertz CT molecular complexity index is 785. The van der Waals surface area contributed by atoms with Crippen LogP contribution in [-0.2, 0) is 9.53 Å². The molecule has 0 aromatic carbocycles. The Kier molecular flexibility index (Phi) is 5.31. The second kappa shape index (κ2) is 7.25. The summed E-state index contributed by atoms with van der Waals surface area (Å²) in [7, 11) is 0. The van der Waals surface area contributed by atoms with Crippen LogP contribution in [0.3, 0.4) is 0 Å². The molecule has 2 N–H and O–H groups in total. The number of ether oxygens (including phenoxy) is 1. The molecule has 0 atom stereocenters. The van der Waals surface area contributed by atoms with Crippen LogP contribution in [0.2, 0.25) is 0 Å². The molecule has 7 nitrogen and oxygen atoms in total. The predicted octanol–water partition coefficient (Wildman–Crippen LogP) is 3.59. The van der Waals surface area contributed by atoms with Gasteiger partial charge in [-0.2, -0.15) is 0 Å². The molecule has 0 fully saturated rings. The Morgan fingerprint density at radius 3 is 2.40 bits per heavy atom. The fourth-order valence-corrected chi connectivity index (χ4v) is 1.96. The molecule has 2 aromatic heterocycles. The maximum atomic E-state index is 13.1. The van der Waals surface area contributed by atoms with Crippen LogP contribution in [0.25, 0.3) is 11.3 Å². The summed E-state index contributed by atoms with van der Waals surface area (Å²) in [6, 6.07) is 4.19. The predicted molar refractivity (Wildman–Crippen MR) is 91.6 cm³/mol. The van der Waals surface area contributed by atoms with Crippen molar-refractivity contribution in [1.29, 1.82) is 0 Å². The minimum absolute atomic E-state index is 0.254. The molecule has 0 saturated carbocycles. The van der Waals surface area contributed by atoms with Crippen molar-refractivity contribution in [2.45, 2.75) is 33.3 Å². The van der Waals surface area contributed by atoms with Gasteiger partial charge in [0.1, 0.15) is 17.2 Å². The van der Waals surface area contributed by atoms with Crippen LogP contribution in [0, 0.1) is 5.82 Å². The minimum atomic E-state index is -0.675. The molecule has 25 heavy (non-hydrogen) atoms. The third-order valence-electron chi connectivity index (χ3n) is 2.85. The van der Waals surface area contributed by atoms with Crippen LogP contribution in [0.5, 0.6) is 0 Å². The highest BCUT2D eigenvalue weighted by molar-refractivity contribution is 5.94. The lowest BCUT2D eigenvalue weighted by Gasteiger charge is -2.20. The number of halogens is 1. The smallest absolute Gasteiger partial charge is 0.412 e.